The summed E-state index contributed by atoms with van der Waals surface area (Å²) in [5.74, 6) is 1.37. The van der Waals surface area contributed by atoms with Crippen LogP contribution in [0.4, 0.5) is 5.82 Å². The van der Waals surface area contributed by atoms with E-state index in [4.69, 9.17) is 5.73 Å². The zero-order chi connectivity index (χ0) is 11.1. The Labute approximate surface area is 91.3 Å². The second-order valence-corrected chi connectivity index (χ2v) is 3.71. The van der Waals surface area contributed by atoms with Gasteiger partial charge in [0.2, 0.25) is 0 Å². The lowest BCUT2D eigenvalue weighted by atomic mass is 9.95. The number of rotatable bonds is 6. The Morgan fingerprint density at radius 1 is 1.33 bits per heavy atom. The van der Waals surface area contributed by atoms with Crippen molar-refractivity contribution in [1.82, 2.24) is 9.97 Å². The summed E-state index contributed by atoms with van der Waals surface area (Å²) in [5, 5.41) is 3.19. The van der Waals surface area contributed by atoms with E-state index in [1.807, 2.05) is 0 Å². The molecular formula is C11H20N4. The summed E-state index contributed by atoms with van der Waals surface area (Å²) in [6, 6.07) is 0.182. The largest absolute Gasteiger partial charge is 0.367 e. The van der Waals surface area contributed by atoms with Crippen LogP contribution >= 0.6 is 0 Å². The third kappa shape index (κ3) is 3.83. The van der Waals surface area contributed by atoms with Crippen LogP contribution in [0, 0.1) is 5.92 Å². The second-order valence-electron chi connectivity index (χ2n) is 3.71. The fourth-order valence-corrected chi connectivity index (χ4v) is 1.67. The highest BCUT2D eigenvalue weighted by Crippen LogP contribution is 2.11. The Morgan fingerprint density at radius 3 is 2.60 bits per heavy atom. The molecule has 3 N–H and O–H groups in total. The van der Waals surface area contributed by atoms with Crippen molar-refractivity contribution >= 4 is 5.82 Å². The molecule has 0 radical (unpaired) electrons. The first-order valence-corrected chi connectivity index (χ1v) is 5.53. The molecule has 0 fully saturated rings. The minimum absolute atomic E-state index is 0.182. The van der Waals surface area contributed by atoms with Crippen LogP contribution in [0.3, 0.4) is 0 Å². The minimum atomic E-state index is 0.182. The minimum Gasteiger partial charge on any atom is -0.367 e. The van der Waals surface area contributed by atoms with Crippen LogP contribution in [0.1, 0.15) is 26.7 Å². The SMILES string of the molecule is CCC(CC)C(N)CNc1cnccn1. The van der Waals surface area contributed by atoms with Gasteiger partial charge in [0.15, 0.2) is 0 Å². The van der Waals surface area contributed by atoms with Gasteiger partial charge in [0.1, 0.15) is 5.82 Å². The summed E-state index contributed by atoms with van der Waals surface area (Å²) in [6.07, 6.45) is 7.29. The van der Waals surface area contributed by atoms with Crippen LogP contribution in [0.5, 0.6) is 0 Å². The first kappa shape index (κ1) is 11.9. The summed E-state index contributed by atoms with van der Waals surface area (Å²) in [7, 11) is 0. The lowest BCUT2D eigenvalue weighted by Gasteiger charge is -2.21. The number of hydrogen-bond acceptors (Lipinski definition) is 4. The number of nitrogens with one attached hydrogen (secondary N) is 1. The van der Waals surface area contributed by atoms with Gasteiger partial charge in [-0.15, -0.1) is 0 Å². The summed E-state index contributed by atoms with van der Waals surface area (Å²) < 4.78 is 0. The molecule has 0 spiro atoms. The van der Waals surface area contributed by atoms with Gasteiger partial charge in [-0.1, -0.05) is 26.7 Å². The summed E-state index contributed by atoms with van der Waals surface area (Å²) in [5.41, 5.74) is 6.08. The van der Waals surface area contributed by atoms with Crippen molar-refractivity contribution in [2.45, 2.75) is 32.7 Å². The standard InChI is InChI=1S/C11H20N4/c1-3-9(4-2)10(12)7-15-11-8-13-5-6-14-11/h5-6,8-10H,3-4,7,12H2,1-2H3,(H,14,15). The van der Waals surface area contributed by atoms with Crippen LogP contribution in [0.15, 0.2) is 18.6 Å². The van der Waals surface area contributed by atoms with Crippen molar-refractivity contribution in [3.8, 4) is 0 Å². The predicted molar refractivity (Wildman–Crippen MR) is 62.6 cm³/mol. The Hall–Kier alpha value is -1.16. The number of nitrogens with two attached hydrogens (primary N) is 1. The van der Waals surface area contributed by atoms with E-state index in [1.165, 1.54) is 0 Å². The van der Waals surface area contributed by atoms with Gasteiger partial charge in [0.25, 0.3) is 0 Å². The van der Waals surface area contributed by atoms with Crippen LogP contribution in [0.2, 0.25) is 0 Å². The van der Waals surface area contributed by atoms with Crippen molar-refractivity contribution in [3.05, 3.63) is 18.6 Å². The molecule has 0 aliphatic rings. The molecule has 0 aliphatic carbocycles. The first-order chi connectivity index (χ1) is 7.27. The Morgan fingerprint density at radius 2 is 2.07 bits per heavy atom. The molecule has 1 heterocycles. The van der Waals surface area contributed by atoms with Gasteiger partial charge < -0.3 is 11.1 Å². The van der Waals surface area contributed by atoms with E-state index in [0.717, 1.165) is 25.2 Å². The maximum absolute atomic E-state index is 6.08. The van der Waals surface area contributed by atoms with Crippen LogP contribution in [-0.4, -0.2) is 22.6 Å². The highest BCUT2D eigenvalue weighted by molar-refractivity contribution is 5.29. The zero-order valence-electron chi connectivity index (χ0n) is 9.48. The van der Waals surface area contributed by atoms with E-state index in [1.54, 1.807) is 18.6 Å². The van der Waals surface area contributed by atoms with Crippen molar-refractivity contribution in [2.75, 3.05) is 11.9 Å². The summed E-state index contributed by atoms with van der Waals surface area (Å²) in [4.78, 5) is 8.11. The quantitative estimate of drug-likeness (QED) is 0.746. The van der Waals surface area contributed by atoms with Crippen LogP contribution in [-0.2, 0) is 0 Å². The Kier molecular flexibility index (Phi) is 5.04. The van der Waals surface area contributed by atoms with Gasteiger partial charge in [0.05, 0.1) is 6.20 Å². The number of hydrogen-bond donors (Lipinski definition) is 2. The molecular weight excluding hydrogens is 188 g/mol. The first-order valence-electron chi connectivity index (χ1n) is 5.53. The van der Waals surface area contributed by atoms with Gasteiger partial charge in [-0.3, -0.25) is 4.98 Å². The monoisotopic (exact) mass is 208 g/mol. The van der Waals surface area contributed by atoms with Gasteiger partial charge in [0, 0.05) is 25.0 Å². The molecule has 0 aliphatic heterocycles. The van der Waals surface area contributed by atoms with Crippen molar-refractivity contribution in [3.63, 3.8) is 0 Å². The third-order valence-corrected chi connectivity index (χ3v) is 2.74. The molecule has 15 heavy (non-hydrogen) atoms. The fourth-order valence-electron chi connectivity index (χ4n) is 1.67. The third-order valence-electron chi connectivity index (χ3n) is 2.74. The number of nitrogens with zero attached hydrogens (tertiary/aromatic N) is 2. The van der Waals surface area contributed by atoms with E-state index >= 15 is 0 Å². The van der Waals surface area contributed by atoms with Crippen LogP contribution < -0.4 is 11.1 Å². The van der Waals surface area contributed by atoms with Gasteiger partial charge in [-0.2, -0.15) is 0 Å². The molecule has 0 bridgehead atoms. The average molecular weight is 208 g/mol. The average Bonchev–Trinajstić information content (AvgIpc) is 2.29. The van der Waals surface area contributed by atoms with E-state index < -0.39 is 0 Å². The van der Waals surface area contributed by atoms with Crippen molar-refractivity contribution in [1.29, 1.82) is 0 Å². The van der Waals surface area contributed by atoms with Gasteiger partial charge in [-0.25, -0.2) is 4.98 Å². The number of anilines is 1. The molecule has 0 saturated heterocycles. The Bertz CT molecular complexity index is 259. The van der Waals surface area contributed by atoms with E-state index in [-0.39, 0.29) is 6.04 Å². The predicted octanol–water partition coefficient (Wildman–Crippen LogP) is 1.65. The smallest absolute Gasteiger partial charge is 0.144 e. The molecule has 0 amide bonds. The van der Waals surface area contributed by atoms with E-state index in [0.29, 0.717) is 5.92 Å². The summed E-state index contributed by atoms with van der Waals surface area (Å²) >= 11 is 0. The molecule has 1 rings (SSSR count). The molecule has 0 aromatic carbocycles. The maximum atomic E-state index is 6.08. The molecule has 1 atom stereocenters. The second kappa shape index (κ2) is 6.35. The lowest BCUT2D eigenvalue weighted by molar-refractivity contribution is 0.407. The fraction of sp³-hybridized carbons (Fsp3) is 0.636. The molecule has 0 saturated carbocycles. The normalized spacial score (nSPS) is 12.8. The highest BCUT2D eigenvalue weighted by Gasteiger charge is 2.13. The van der Waals surface area contributed by atoms with Crippen molar-refractivity contribution < 1.29 is 0 Å². The number of aromatic nitrogens is 2. The zero-order valence-corrected chi connectivity index (χ0v) is 9.48. The molecule has 1 aromatic rings. The van der Waals surface area contributed by atoms with E-state index in [2.05, 4.69) is 29.1 Å². The van der Waals surface area contributed by atoms with Gasteiger partial charge in [-0.05, 0) is 5.92 Å². The van der Waals surface area contributed by atoms with Gasteiger partial charge >= 0.3 is 0 Å². The van der Waals surface area contributed by atoms with Crippen molar-refractivity contribution in [2.24, 2.45) is 11.7 Å². The van der Waals surface area contributed by atoms with E-state index in [9.17, 15) is 0 Å². The Balaban J connectivity index is 2.36. The maximum Gasteiger partial charge on any atom is 0.144 e. The highest BCUT2D eigenvalue weighted by atomic mass is 15.0. The lowest BCUT2D eigenvalue weighted by Crippen LogP contribution is -2.36. The molecule has 84 valence electrons. The summed E-state index contributed by atoms with van der Waals surface area (Å²) in [6.45, 7) is 5.11. The molecule has 4 heteroatoms. The molecule has 1 aromatic heterocycles. The molecule has 4 nitrogen and oxygen atoms in total. The van der Waals surface area contributed by atoms with Crippen LogP contribution in [0.25, 0.3) is 0 Å². The molecule has 1 unspecified atom stereocenters. The topological polar surface area (TPSA) is 63.8 Å².